The summed E-state index contributed by atoms with van der Waals surface area (Å²) in [6.07, 6.45) is 8.22. The van der Waals surface area contributed by atoms with Crippen molar-refractivity contribution in [3.63, 3.8) is 0 Å². The van der Waals surface area contributed by atoms with Crippen molar-refractivity contribution < 1.29 is 29.3 Å². The molecule has 0 bridgehead atoms. The fraction of sp³-hybridized carbons (Fsp3) is 0.303. The third kappa shape index (κ3) is 7.81. The predicted octanol–water partition coefficient (Wildman–Crippen LogP) is 8.26. The van der Waals surface area contributed by atoms with E-state index in [9.17, 15) is 19.8 Å². The molecular formula is C33H33N3O6S3. The molecule has 0 aromatic carbocycles. The highest BCUT2D eigenvalue weighted by Gasteiger charge is 2.27. The zero-order valence-corrected chi connectivity index (χ0v) is 27.6. The number of carboxylic acid groups (broad SMARTS) is 2. The van der Waals surface area contributed by atoms with E-state index in [4.69, 9.17) is 14.5 Å². The van der Waals surface area contributed by atoms with Gasteiger partial charge in [-0.3, -0.25) is 14.8 Å². The van der Waals surface area contributed by atoms with Crippen LogP contribution in [0.15, 0.2) is 64.1 Å². The standard InChI is InChI=1S/C33H33N3O6S3/c1-4-5-6-15-43-27-8-7-26(44-27)31-29-28(41-13-14-42-29)30(45-31)21-9-11-35-24(17-21)25(16-19(2)32(37)38)36-20(3)23-18-22(33(39)40)10-12-34-23/h7-12,16-19H,4-6,13-15H2,1-3H3,(H,37,38)(H,39,40)/b25-16-,36-20?. The van der Waals surface area contributed by atoms with Gasteiger partial charge in [0, 0.05) is 17.3 Å². The molecule has 0 saturated heterocycles. The van der Waals surface area contributed by atoms with Crippen molar-refractivity contribution >= 4 is 57.8 Å². The summed E-state index contributed by atoms with van der Waals surface area (Å²) in [5.74, 6) is -0.430. The first-order valence-corrected chi connectivity index (χ1v) is 17.2. The van der Waals surface area contributed by atoms with Crippen LogP contribution in [0.1, 0.15) is 61.8 Å². The van der Waals surface area contributed by atoms with Crippen LogP contribution in [0.5, 0.6) is 11.5 Å². The number of nitrogens with zero attached hydrogens (tertiary/aromatic N) is 3. The van der Waals surface area contributed by atoms with Crippen molar-refractivity contribution in [2.24, 2.45) is 10.9 Å². The van der Waals surface area contributed by atoms with E-state index in [0.717, 1.165) is 31.7 Å². The van der Waals surface area contributed by atoms with E-state index in [2.05, 4.69) is 29.0 Å². The number of pyridine rings is 2. The molecule has 4 aromatic rings. The van der Waals surface area contributed by atoms with Crippen LogP contribution in [0.25, 0.3) is 25.9 Å². The zero-order chi connectivity index (χ0) is 31.9. The zero-order valence-electron chi connectivity index (χ0n) is 25.1. The average molecular weight is 664 g/mol. The van der Waals surface area contributed by atoms with E-state index in [-0.39, 0.29) is 5.56 Å². The van der Waals surface area contributed by atoms with Gasteiger partial charge in [-0.05, 0) is 74.1 Å². The Hall–Kier alpha value is -4.00. The van der Waals surface area contributed by atoms with Gasteiger partial charge in [-0.1, -0.05) is 19.8 Å². The van der Waals surface area contributed by atoms with Crippen molar-refractivity contribution in [2.75, 3.05) is 19.0 Å². The summed E-state index contributed by atoms with van der Waals surface area (Å²) in [5.41, 5.74) is 2.47. The Morgan fingerprint density at radius 1 is 1.00 bits per heavy atom. The molecule has 0 aliphatic carbocycles. The van der Waals surface area contributed by atoms with Gasteiger partial charge in [-0.2, -0.15) is 0 Å². The van der Waals surface area contributed by atoms with Crippen molar-refractivity contribution in [2.45, 2.75) is 44.2 Å². The van der Waals surface area contributed by atoms with Crippen LogP contribution in [0.4, 0.5) is 0 Å². The molecule has 1 aliphatic rings. The summed E-state index contributed by atoms with van der Waals surface area (Å²) in [4.78, 5) is 39.8. The molecule has 5 heterocycles. The molecule has 0 radical (unpaired) electrons. The first-order valence-electron chi connectivity index (χ1n) is 14.6. The molecule has 234 valence electrons. The van der Waals surface area contributed by atoms with E-state index >= 15 is 0 Å². The molecule has 4 aromatic heterocycles. The Morgan fingerprint density at radius 2 is 1.73 bits per heavy atom. The van der Waals surface area contributed by atoms with Crippen LogP contribution in [0.3, 0.4) is 0 Å². The Kier molecular flexibility index (Phi) is 10.7. The lowest BCUT2D eigenvalue weighted by Crippen LogP contribution is -2.14. The monoisotopic (exact) mass is 663 g/mol. The Labute approximate surface area is 273 Å². The van der Waals surface area contributed by atoms with Crippen molar-refractivity contribution in [1.29, 1.82) is 0 Å². The molecule has 1 unspecified atom stereocenters. The highest BCUT2D eigenvalue weighted by molar-refractivity contribution is 8.01. The largest absolute Gasteiger partial charge is 0.485 e. The lowest BCUT2D eigenvalue weighted by Gasteiger charge is -2.17. The number of carbonyl (C=O) groups is 2. The number of aliphatic carboxylic acids is 1. The fourth-order valence-electron chi connectivity index (χ4n) is 4.55. The Balaban J connectivity index is 1.52. The normalized spacial score (nSPS) is 13.9. The fourth-order valence-corrected chi connectivity index (χ4v) is 8.05. The molecule has 0 amide bonds. The number of aliphatic imine (C=N–C) groups is 1. The van der Waals surface area contributed by atoms with Crippen LogP contribution in [0.2, 0.25) is 0 Å². The molecule has 9 nitrogen and oxygen atoms in total. The maximum atomic E-state index is 11.8. The Morgan fingerprint density at radius 3 is 2.47 bits per heavy atom. The van der Waals surface area contributed by atoms with Gasteiger partial charge in [0.05, 0.1) is 48.2 Å². The number of unbranched alkanes of at least 4 members (excludes halogenated alkanes) is 2. The quantitative estimate of drug-likeness (QED) is 0.0824. The number of thioether (sulfide) groups is 1. The summed E-state index contributed by atoms with van der Waals surface area (Å²) in [7, 11) is 0. The topological polar surface area (TPSA) is 131 Å². The van der Waals surface area contributed by atoms with Gasteiger partial charge in [0.2, 0.25) is 0 Å². The average Bonchev–Trinajstić information content (AvgIpc) is 3.68. The molecular weight excluding hydrogens is 631 g/mol. The number of thiophene rings is 2. The minimum absolute atomic E-state index is 0.0764. The molecule has 1 aliphatic heterocycles. The summed E-state index contributed by atoms with van der Waals surface area (Å²) in [5, 5.41) is 19.1. The van der Waals surface area contributed by atoms with E-state index in [1.165, 1.54) is 47.9 Å². The summed E-state index contributed by atoms with van der Waals surface area (Å²) in [6, 6.07) is 10.9. The first-order chi connectivity index (χ1) is 21.7. The van der Waals surface area contributed by atoms with Gasteiger partial charge in [-0.25, -0.2) is 9.79 Å². The molecule has 1 atom stereocenters. The Bertz CT molecular complexity index is 1760. The van der Waals surface area contributed by atoms with Crippen molar-refractivity contribution in [3.8, 4) is 31.7 Å². The van der Waals surface area contributed by atoms with Crippen molar-refractivity contribution in [3.05, 3.63) is 71.8 Å². The number of carboxylic acids is 2. The number of ether oxygens (including phenoxy) is 2. The first kappa shape index (κ1) is 32.4. The molecule has 0 spiro atoms. The number of rotatable bonds is 13. The third-order valence-electron chi connectivity index (χ3n) is 6.94. The van der Waals surface area contributed by atoms with Gasteiger partial charge in [-0.15, -0.1) is 34.4 Å². The van der Waals surface area contributed by atoms with Gasteiger partial charge in [0.25, 0.3) is 0 Å². The van der Waals surface area contributed by atoms with Crippen molar-refractivity contribution in [1.82, 2.24) is 9.97 Å². The van der Waals surface area contributed by atoms with E-state index in [0.29, 0.717) is 41.8 Å². The second kappa shape index (κ2) is 14.9. The minimum atomic E-state index is -1.08. The molecule has 0 fully saturated rings. The maximum Gasteiger partial charge on any atom is 0.335 e. The van der Waals surface area contributed by atoms with Gasteiger partial charge < -0.3 is 19.7 Å². The summed E-state index contributed by atoms with van der Waals surface area (Å²) < 4.78 is 13.6. The SMILES string of the molecule is CCCCCSc1ccc(-c2sc(-c3ccnc(/C(=C/C(C)C(=O)O)N=C(C)c4cc(C(=O)O)ccn4)c3)c3c2OCCO3)s1. The molecule has 45 heavy (non-hydrogen) atoms. The lowest BCUT2D eigenvalue weighted by molar-refractivity contribution is -0.139. The number of fused-ring (bicyclic) bond motifs is 1. The van der Waals surface area contributed by atoms with Crippen LogP contribution in [0, 0.1) is 5.92 Å². The minimum Gasteiger partial charge on any atom is -0.485 e. The van der Waals surface area contributed by atoms with E-state index in [1.54, 1.807) is 42.7 Å². The van der Waals surface area contributed by atoms with Gasteiger partial charge in [0.1, 0.15) is 13.2 Å². The van der Waals surface area contributed by atoms with Gasteiger partial charge >= 0.3 is 11.9 Å². The smallest absolute Gasteiger partial charge is 0.335 e. The number of hydrogen-bond donors (Lipinski definition) is 2. The van der Waals surface area contributed by atoms with Gasteiger partial charge in [0.15, 0.2) is 11.5 Å². The third-order valence-corrected chi connectivity index (χ3v) is 10.7. The molecule has 12 heteroatoms. The highest BCUT2D eigenvalue weighted by atomic mass is 32.2. The van der Waals surface area contributed by atoms with Crippen LogP contribution in [-0.2, 0) is 4.79 Å². The highest BCUT2D eigenvalue weighted by Crippen LogP contribution is 2.55. The van der Waals surface area contributed by atoms with Crippen LogP contribution in [-0.4, -0.2) is 56.8 Å². The van der Waals surface area contributed by atoms with E-state index < -0.39 is 17.9 Å². The van der Waals surface area contributed by atoms with E-state index in [1.807, 2.05) is 23.9 Å². The molecule has 2 N–H and O–H groups in total. The molecule has 5 rings (SSSR count). The molecule has 0 saturated carbocycles. The second-order valence-corrected chi connectivity index (χ2v) is 13.8. The van der Waals surface area contributed by atoms with Crippen LogP contribution < -0.4 is 9.47 Å². The number of hydrogen-bond acceptors (Lipinski definition) is 10. The summed E-state index contributed by atoms with van der Waals surface area (Å²) >= 11 is 5.22. The second-order valence-electron chi connectivity index (χ2n) is 10.3. The number of aromatic nitrogens is 2. The number of aromatic carboxylic acids is 1. The maximum absolute atomic E-state index is 11.8. The lowest BCUT2D eigenvalue weighted by atomic mass is 10.1. The predicted molar refractivity (Wildman–Crippen MR) is 180 cm³/mol. The van der Waals surface area contributed by atoms with Crippen LogP contribution >= 0.6 is 34.4 Å². The summed E-state index contributed by atoms with van der Waals surface area (Å²) in [6.45, 7) is 6.37.